The Kier molecular flexibility index (Phi) is 6.02. The van der Waals surface area contributed by atoms with E-state index in [0.29, 0.717) is 26.1 Å². The van der Waals surface area contributed by atoms with Crippen LogP contribution >= 0.6 is 0 Å². The van der Waals surface area contributed by atoms with Crippen LogP contribution in [0.2, 0.25) is 0 Å². The number of hydrogen-bond donors (Lipinski definition) is 3. The second kappa shape index (κ2) is 8.00. The van der Waals surface area contributed by atoms with Crippen molar-refractivity contribution < 1.29 is 14.6 Å². The summed E-state index contributed by atoms with van der Waals surface area (Å²) in [6.45, 7) is 4.39. The van der Waals surface area contributed by atoms with Crippen LogP contribution in [0.3, 0.4) is 0 Å². The molecule has 0 unspecified atom stereocenters. The number of aryl methyl sites for hydroxylation is 1. The topological polar surface area (TPSA) is 70.6 Å². The summed E-state index contributed by atoms with van der Waals surface area (Å²) in [5.74, 6) is 0.931. The minimum Gasteiger partial charge on any atom is -0.493 e. The number of β-amino-alcohol motifs (C(OH)–C–C–N with tert-alkyl or cyclic N) is 1. The largest absolute Gasteiger partial charge is 0.493 e. The third-order valence-electron chi connectivity index (χ3n) is 3.83. The Labute approximate surface area is 125 Å². The summed E-state index contributed by atoms with van der Waals surface area (Å²) in [7, 11) is 0. The summed E-state index contributed by atoms with van der Waals surface area (Å²) < 4.78 is 5.60. The van der Waals surface area contributed by atoms with E-state index in [1.165, 1.54) is 0 Å². The predicted molar refractivity (Wildman–Crippen MR) is 81.3 cm³/mol. The average molecular weight is 292 g/mol. The second-order valence-corrected chi connectivity index (χ2v) is 5.49. The second-order valence-electron chi connectivity index (χ2n) is 5.49. The lowest BCUT2D eigenvalue weighted by Gasteiger charge is -2.28. The van der Waals surface area contributed by atoms with Crippen molar-refractivity contribution in [1.82, 2.24) is 10.6 Å². The van der Waals surface area contributed by atoms with Crippen LogP contribution in [0.15, 0.2) is 24.3 Å². The van der Waals surface area contributed by atoms with Crippen LogP contribution in [0.1, 0.15) is 18.4 Å². The van der Waals surface area contributed by atoms with Crippen molar-refractivity contribution in [2.45, 2.75) is 25.9 Å². The van der Waals surface area contributed by atoms with E-state index < -0.39 is 0 Å². The Hall–Kier alpha value is -1.59. The van der Waals surface area contributed by atoms with E-state index in [9.17, 15) is 9.90 Å². The van der Waals surface area contributed by atoms with Gasteiger partial charge in [0.15, 0.2) is 0 Å². The lowest BCUT2D eigenvalue weighted by atomic mass is 9.95. The van der Waals surface area contributed by atoms with E-state index in [0.717, 1.165) is 24.3 Å². The molecule has 1 saturated heterocycles. The lowest BCUT2D eigenvalue weighted by Crippen LogP contribution is -2.45. The maximum atomic E-state index is 11.8. The first-order valence-corrected chi connectivity index (χ1v) is 7.50. The fraction of sp³-hybridized carbons (Fsp3) is 0.562. The van der Waals surface area contributed by atoms with E-state index in [1.54, 1.807) is 0 Å². The van der Waals surface area contributed by atoms with Crippen LogP contribution in [0.4, 0.5) is 0 Å². The number of ether oxygens (including phenoxy) is 1. The van der Waals surface area contributed by atoms with E-state index in [2.05, 4.69) is 10.6 Å². The predicted octanol–water partition coefficient (Wildman–Crippen LogP) is 0.851. The Bertz CT molecular complexity index is 465. The van der Waals surface area contributed by atoms with Crippen molar-refractivity contribution >= 4 is 5.91 Å². The molecule has 5 nitrogen and oxygen atoms in total. The molecule has 5 heteroatoms. The van der Waals surface area contributed by atoms with Crippen molar-refractivity contribution in [1.29, 1.82) is 0 Å². The molecule has 116 valence electrons. The third kappa shape index (κ3) is 5.02. The Morgan fingerprint density at radius 2 is 2.29 bits per heavy atom. The molecule has 21 heavy (non-hydrogen) atoms. The van der Waals surface area contributed by atoms with Gasteiger partial charge >= 0.3 is 0 Å². The van der Waals surface area contributed by atoms with Crippen LogP contribution in [0.25, 0.3) is 0 Å². The van der Waals surface area contributed by atoms with Gasteiger partial charge in [-0.25, -0.2) is 0 Å². The molecule has 1 aromatic carbocycles. The van der Waals surface area contributed by atoms with Gasteiger partial charge in [0.1, 0.15) is 5.75 Å². The van der Waals surface area contributed by atoms with Crippen LogP contribution < -0.4 is 15.4 Å². The summed E-state index contributed by atoms with van der Waals surface area (Å²) in [6, 6.07) is 7.76. The zero-order chi connectivity index (χ0) is 15.1. The first-order valence-electron chi connectivity index (χ1n) is 7.50. The molecular formula is C16H24N2O3. The molecule has 0 bridgehead atoms. The molecule has 1 aromatic rings. The molecule has 2 rings (SSSR count). The number of rotatable bonds is 6. The van der Waals surface area contributed by atoms with Gasteiger partial charge in [0.05, 0.1) is 19.1 Å². The zero-order valence-corrected chi connectivity index (χ0v) is 12.5. The molecule has 1 heterocycles. The highest BCUT2D eigenvalue weighted by Crippen LogP contribution is 2.16. The van der Waals surface area contributed by atoms with Crippen LogP contribution in [0, 0.1) is 12.8 Å². The number of aliphatic hydroxyl groups excluding tert-OH is 1. The Balaban J connectivity index is 1.64. The van der Waals surface area contributed by atoms with Gasteiger partial charge < -0.3 is 20.5 Å². The van der Waals surface area contributed by atoms with Crippen molar-refractivity contribution in [2.24, 2.45) is 5.92 Å². The van der Waals surface area contributed by atoms with E-state index >= 15 is 0 Å². The normalized spacial score (nSPS) is 21.8. The van der Waals surface area contributed by atoms with Gasteiger partial charge in [-0.3, -0.25) is 4.79 Å². The monoisotopic (exact) mass is 292 g/mol. The molecule has 0 spiro atoms. The highest BCUT2D eigenvalue weighted by molar-refractivity contribution is 5.76. The van der Waals surface area contributed by atoms with Gasteiger partial charge in [-0.05, 0) is 31.5 Å². The summed E-state index contributed by atoms with van der Waals surface area (Å²) in [6.07, 6.45) is 0.846. The molecule has 0 aliphatic carbocycles. The van der Waals surface area contributed by atoms with Crippen molar-refractivity contribution in [3.05, 3.63) is 29.8 Å². The van der Waals surface area contributed by atoms with Gasteiger partial charge in [0.2, 0.25) is 5.91 Å². The van der Waals surface area contributed by atoms with Crippen LogP contribution in [-0.2, 0) is 4.79 Å². The Morgan fingerprint density at radius 1 is 1.48 bits per heavy atom. The number of para-hydroxylation sites is 1. The van der Waals surface area contributed by atoms with Gasteiger partial charge in [-0.2, -0.15) is 0 Å². The van der Waals surface area contributed by atoms with Gasteiger partial charge in [-0.1, -0.05) is 18.2 Å². The number of aliphatic hydroxyl groups is 1. The van der Waals surface area contributed by atoms with Gasteiger partial charge in [0.25, 0.3) is 0 Å². The third-order valence-corrected chi connectivity index (χ3v) is 3.83. The highest BCUT2D eigenvalue weighted by Gasteiger charge is 2.22. The number of amides is 1. The zero-order valence-electron chi connectivity index (χ0n) is 12.5. The molecule has 0 aromatic heterocycles. The van der Waals surface area contributed by atoms with Crippen molar-refractivity contribution in [3.8, 4) is 5.75 Å². The molecule has 1 aliphatic rings. The molecule has 1 aliphatic heterocycles. The number of nitrogens with one attached hydrogen (secondary N) is 2. The fourth-order valence-corrected chi connectivity index (χ4v) is 2.44. The van der Waals surface area contributed by atoms with Gasteiger partial charge in [0, 0.05) is 19.0 Å². The summed E-state index contributed by atoms with van der Waals surface area (Å²) in [5, 5.41) is 15.8. The maximum Gasteiger partial charge on any atom is 0.223 e. The highest BCUT2D eigenvalue weighted by atomic mass is 16.5. The summed E-state index contributed by atoms with van der Waals surface area (Å²) >= 11 is 0. The number of carbonyl (C=O) groups is 1. The lowest BCUT2D eigenvalue weighted by molar-refractivity contribution is -0.122. The maximum absolute atomic E-state index is 11.8. The van der Waals surface area contributed by atoms with E-state index in [4.69, 9.17) is 4.74 Å². The molecule has 2 atom stereocenters. The van der Waals surface area contributed by atoms with E-state index in [-0.39, 0.29) is 17.9 Å². The number of hydrogen-bond acceptors (Lipinski definition) is 4. The number of piperidine rings is 1. The Morgan fingerprint density at radius 3 is 3.05 bits per heavy atom. The SMILES string of the molecule is Cc1ccccc1OCCC(=O)NC[C@@H]1CCNC[C@H]1O. The van der Waals surface area contributed by atoms with Crippen LogP contribution in [0.5, 0.6) is 5.75 Å². The molecule has 3 N–H and O–H groups in total. The smallest absolute Gasteiger partial charge is 0.223 e. The van der Waals surface area contributed by atoms with Gasteiger partial charge in [-0.15, -0.1) is 0 Å². The number of benzene rings is 1. The first kappa shape index (κ1) is 15.8. The summed E-state index contributed by atoms with van der Waals surface area (Å²) in [4.78, 5) is 11.8. The van der Waals surface area contributed by atoms with Crippen molar-refractivity contribution in [3.63, 3.8) is 0 Å². The molecule has 1 amide bonds. The average Bonchev–Trinajstić information content (AvgIpc) is 2.48. The van der Waals surface area contributed by atoms with E-state index in [1.807, 2.05) is 31.2 Å². The molecule has 0 saturated carbocycles. The van der Waals surface area contributed by atoms with Crippen LogP contribution in [-0.4, -0.2) is 43.4 Å². The molecular weight excluding hydrogens is 268 g/mol. The fourth-order valence-electron chi connectivity index (χ4n) is 2.44. The molecule has 1 fully saturated rings. The minimum atomic E-state index is -0.373. The summed E-state index contributed by atoms with van der Waals surface area (Å²) in [5.41, 5.74) is 1.07. The minimum absolute atomic E-state index is 0.0330. The quantitative estimate of drug-likeness (QED) is 0.727. The standard InChI is InChI=1S/C16H24N2O3/c1-12-4-2-3-5-15(12)21-9-7-16(20)18-10-13-6-8-17-11-14(13)19/h2-5,13-14,17,19H,6-11H2,1H3,(H,18,20)/t13-,14+/m0/s1. The molecule has 0 radical (unpaired) electrons. The number of carbonyl (C=O) groups excluding carboxylic acids is 1. The first-order chi connectivity index (χ1) is 10.2. The van der Waals surface area contributed by atoms with Crippen molar-refractivity contribution in [2.75, 3.05) is 26.2 Å².